The monoisotopic (exact) mass is 487 g/mol. The van der Waals surface area contributed by atoms with Crippen molar-refractivity contribution in [2.75, 3.05) is 13.7 Å². The quantitative estimate of drug-likeness (QED) is 0.429. The SMILES string of the molecule is COc1ccc(CN2C[C@@H](C)O[C@@H](Cc3cn(-c4ccc(CC5CCCCC5)cc4)cn3)C2=O)cc1. The zero-order chi connectivity index (χ0) is 24.9. The maximum Gasteiger partial charge on any atom is 0.252 e. The summed E-state index contributed by atoms with van der Waals surface area (Å²) < 4.78 is 13.3. The van der Waals surface area contributed by atoms with Crippen LogP contribution in [0.15, 0.2) is 61.1 Å². The lowest BCUT2D eigenvalue weighted by Crippen LogP contribution is -2.51. The minimum Gasteiger partial charge on any atom is -0.497 e. The molecule has 2 heterocycles. The standard InChI is InChI=1S/C30H37N3O3/c1-22-18-32(19-25-10-14-28(35-2)15-11-25)30(34)29(36-22)17-26-20-33(21-31-26)27-12-8-24(9-13-27)16-23-6-4-3-5-7-23/h8-15,20-23,29H,3-7,16-19H2,1-2H3/t22-,29+/m1/s1. The lowest BCUT2D eigenvalue weighted by molar-refractivity contribution is -0.161. The molecule has 190 valence electrons. The van der Waals surface area contributed by atoms with Gasteiger partial charge in [-0.3, -0.25) is 4.79 Å². The van der Waals surface area contributed by atoms with Crippen LogP contribution in [0.4, 0.5) is 0 Å². The topological polar surface area (TPSA) is 56.6 Å². The number of hydrogen-bond acceptors (Lipinski definition) is 4. The number of amides is 1. The van der Waals surface area contributed by atoms with E-state index in [2.05, 4.69) is 29.2 Å². The number of imidazole rings is 1. The van der Waals surface area contributed by atoms with E-state index in [0.717, 1.165) is 28.6 Å². The molecule has 1 aromatic heterocycles. The summed E-state index contributed by atoms with van der Waals surface area (Å²) in [4.78, 5) is 19.7. The normalized spacial score (nSPS) is 21.1. The van der Waals surface area contributed by atoms with Gasteiger partial charge < -0.3 is 18.9 Å². The molecule has 1 amide bonds. The number of methoxy groups -OCH3 is 1. The molecule has 1 saturated heterocycles. The second-order valence-electron chi connectivity index (χ2n) is 10.4. The number of carbonyl (C=O) groups excluding carboxylic acids is 1. The van der Waals surface area contributed by atoms with E-state index in [1.807, 2.05) is 53.2 Å². The highest BCUT2D eigenvalue weighted by Gasteiger charge is 2.33. The van der Waals surface area contributed by atoms with Gasteiger partial charge in [0.05, 0.1) is 25.2 Å². The highest BCUT2D eigenvalue weighted by molar-refractivity contribution is 5.82. The van der Waals surface area contributed by atoms with Crippen LogP contribution in [0.5, 0.6) is 5.75 Å². The average Bonchev–Trinajstić information content (AvgIpc) is 3.37. The van der Waals surface area contributed by atoms with Crippen molar-refractivity contribution < 1.29 is 14.3 Å². The fourth-order valence-corrected chi connectivity index (χ4v) is 5.54. The van der Waals surface area contributed by atoms with Crippen molar-refractivity contribution in [3.8, 4) is 11.4 Å². The van der Waals surface area contributed by atoms with E-state index in [1.165, 1.54) is 44.1 Å². The van der Waals surface area contributed by atoms with Crippen LogP contribution >= 0.6 is 0 Å². The van der Waals surface area contributed by atoms with Crippen molar-refractivity contribution >= 4 is 5.91 Å². The van der Waals surface area contributed by atoms with E-state index in [9.17, 15) is 4.79 Å². The van der Waals surface area contributed by atoms with E-state index >= 15 is 0 Å². The predicted molar refractivity (Wildman–Crippen MR) is 140 cm³/mol. The van der Waals surface area contributed by atoms with E-state index in [0.29, 0.717) is 19.5 Å². The first-order chi connectivity index (χ1) is 17.6. The summed E-state index contributed by atoms with van der Waals surface area (Å²) in [6, 6.07) is 16.7. The molecule has 5 rings (SSSR count). The molecule has 0 N–H and O–H groups in total. The average molecular weight is 488 g/mol. The summed E-state index contributed by atoms with van der Waals surface area (Å²) in [5.74, 6) is 1.67. The number of rotatable bonds is 8. The summed E-state index contributed by atoms with van der Waals surface area (Å²) in [5, 5.41) is 0. The van der Waals surface area contributed by atoms with Crippen molar-refractivity contribution in [3.63, 3.8) is 0 Å². The van der Waals surface area contributed by atoms with Crippen molar-refractivity contribution in [2.45, 2.75) is 70.6 Å². The Morgan fingerprint density at radius 1 is 0.972 bits per heavy atom. The highest BCUT2D eigenvalue weighted by atomic mass is 16.5. The molecule has 1 aliphatic heterocycles. The first-order valence-corrected chi connectivity index (χ1v) is 13.3. The zero-order valence-electron chi connectivity index (χ0n) is 21.4. The van der Waals surface area contributed by atoms with Gasteiger partial charge in [-0.25, -0.2) is 4.98 Å². The maximum absolute atomic E-state index is 13.2. The molecule has 2 atom stereocenters. The van der Waals surface area contributed by atoms with Crippen molar-refractivity contribution in [1.82, 2.24) is 14.5 Å². The third-order valence-electron chi connectivity index (χ3n) is 7.51. The van der Waals surface area contributed by atoms with E-state index < -0.39 is 6.10 Å². The van der Waals surface area contributed by atoms with Crippen molar-refractivity contribution in [3.05, 3.63) is 77.9 Å². The molecule has 0 spiro atoms. The molecule has 0 unspecified atom stereocenters. The van der Waals surface area contributed by atoms with E-state index in [-0.39, 0.29) is 12.0 Å². The molecule has 6 nitrogen and oxygen atoms in total. The molecule has 3 aromatic rings. The van der Waals surface area contributed by atoms with Gasteiger partial charge in [-0.2, -0.15) is 0 Å². The van der Waals surface area contributed by atoms with Gasteiger partial charge >= 0.3 is 0 Å². The minimum atomic E-state index is -0.520. The lowest BCUT2D eigenvalue weighted by atomic mass is 9.85. The molecule has 2 aromatic carbocycles. The Morgan fingerprint density at radius 3 is 2.42 bits per heavy atom. The van der Waals surface area contributed by atoms with Gasteiger partial charge in [0, 0.05) is 31.4 Å². The van der Waals surface area contributed by atoms with E-state index in [1.54, 1.807) is 7.11 Å². The Hall–Kier alpha value is -3.12. The molecule has 1 saturated carbocycles. The van der Waals surface area contributed by atoms with Gasteiger partial charge in [-0.15, -0.1) is 0 Å². The summed E-state index contributed by atoms with van der Waals surface area (Å²) in [6.45, 7) is 3.17. The number of morpholine rings is 1. The second-order valence-corrected chi connectivity index (χ2v) is 10.4. The number of carbonyl (C=O) groups is 1. The van der Waals surface area contributed by atoms with Crippen LogP contribution in [0.3, 0.4) is 0 Å². The third kappa shape index (κ3) is 5.98. The fraction of sp³-hybridized carbons (Fsp3) is 0.467. The molecule has 1 aliphatic carbocycles. The smallest absolute Gasteiger partial charge is 0.252 e. The summed E-state index contributed by atoms with van der Waals surface area (Å²) in [6.07, 6.45) is 11.8. The predicted octanol–water partition coefficient (Wildman–Crippen LogP) is 5.36. The largest absolute Gasteiger partial charge is 0.497 e. The van der Waals surface area contributed by atoms with Crippen molar-refractivity contribution in [2.24, 2.45) is 5.92 Å². The van der Waals surface area contributed by atoms with Gasteiger partial charge in [0.1, 0.15) is 11.9 Å². The maximum atomic E-state index is 13.2. The molecule has 0 bridgehead atoms. The lowest BCUT2D eigenvalue weighted by Gasteiger charge is -2.36. The Balaban J connectivity index is 1.20. The first kappa shape index (κ1) is 24.6. The number of hydrogen-bond donors (Lipinski definition) is 0. The Bertz CT molecular complexity index is 1130. The molecule has 6 heteroatoms. The molecule has 2 fully saturated rings. The Kier molecular flexibility index (Phi) is 7.71. The molecular weight excluding hydrogens is 450 g/mol. The van der Waals surface area contributed by atoms with Crippen molar-refractivity contribution in [1.29, 1.82) is 0 Å². The zero-order valence-corrected chi connectivity index (χ0v) is 21.4. The molecule has 0 radical (unpaired) electrons. The van der Waals surface area contributed by atoms with Crippen LogP contribution in [0.1, 0.15) is 55.8 Å². The molecular formula is C30H37N3O3. The number of nitrogens with zero attached hydrogens (tertiary/aromatic N) is 3. The van der Waals surface area contributed by atoms with Crippen LogP contribution in [-0.4, -0.2) is 46.2 Å². The minimum absolute atomic E-state index is 0.0190. The first-order valence-electron chi connectivity index (χ1n) is 13.3. The van der Waals surface area contributed by atoms with Crippen LogP contribution in [0, 0.1) is 5.92 Å². The Labute approximate surface area is 214 Å². The molecule has 2 aliphatic rings. The molecule has 36 heavy (non-hydrogen) atoms. The number of ether oxygens (including phenoxy) is 2. The van der Waals surface area contributed by atoms with Gasteiger partial charge in [0.2, 0.25) is 0 Å². The van der Waals surface area contributed by atoms with Crippen LogP contribution in [0.2, 0.25) is 0 Å². The third-order valence-corrected chi connectivity index (χ3v) is 7.51. The van der Waals surface area contributed by atoms with Crippen LogP contribution < -0.4 is 4.74 Å². The van der Waals surface area contributed by atoms with E-state index in [4.69, 9.17) is 9.47 Å². The van der Waals surface area contributed by atoms with Gasteiger partial charge in [-0.05, 0) is 54.7 Å². The van der Waals surface area contributed by atoms with Crippen LogP contribution in [0.25, 0.3) is 5.69 Å². The highest BCUT2D eigenvalue weighted by Crippen LogP contribution is 2.27. The van der Waals surface area contributed by atoms with Gasteiger partial charge in [0.25, 0.3) is 5.91 Å². The summed E-state index contributed by atoms with van der Waals surface area (Å²) >= 11 is 0. The Morgan fingerprint density at radius 2 is 1.69 bits per heavy atom. The van der Waals surface area contributed by atoms with Crippen LogP contribution in [-0.2, 0) is 28.9 Å². The number of aromatic nitrogens is 2. The fourth-order valence-electron chi connectivity index (χ4n) is 5.54. The number of benzene rings is 2. The summed E-state index contributed by atoms with van der Waals surface area (Å²) in [7, 11) is 1.65. The van der Waals surface area contributed by atoms with Gasteiger partial charge in [0.15, 0.2) is 0 Å². The van der Waals surface area contributed by atoms with Gasteiger partial charge in [-0.1, -0.05) is 56.4 Å². The second kappa shape index (κ2) is 11.3. The summed E-state index contributed by atoms with van der Waals surface area (Å²) in [5.41, 5.74) is 4.44.